The minimum Gasteiger partial charge on any atom is -0.462 e. The minimum absolute atomic E-state index is 0.249. The van der Waals surface area contributed by atoms with E-state index in [4.69, 9.17) is 9.47 Å². The smallest absolute Gasteiger partial charge is 0.340 e. The minimum atomic E-state index is -0.592. The number of carbonyl (C=O) groups excluding carboxylic acids is 3. The molecule has 3 rings (SSSR count). The van der Waals surface area contributed by atoms with Crippen LogP contribution in [0.2, 0.25) is 0 Å². The molecule has 0 atom stereocenters. The lowest BCUT2D eigenvalue weighted by Crippen LogP contribution is -2.14. The lowest BCUT2D eigenvalue weighted by molar-refractivity contribution is -0.136. The number of H-pyrrole nitrogens is 1. The third-order valence-electron chi connectivity index (χ3n) is 5.38. The first-order chi connectivity index (χ1) is 14.2. The third-order valence-corrected chi connectivity index (χ3v) is 5.38. The summed E-state index contributed by atoms with van der Waals surface area (Å²) in [6.07, 6.45) is 5.44. The van der Waals surface area contributed by atoms with E-state index < -0.39 is 24.3 Å². The Hall–Kier alpha value is -3.09. The second-order valence-electron chi connectivity index (χ2n) is 7.64. The van der Waals surface area contributed by atoms with E-state index in [2.05, 4.69) is 16.5 Å². The molecule has 7 heteroatoms. The number of nitrogens with zero attached hydrogens (tertiary/aromatic N) is 1. The first kappa shape index (κ1) is 21.6. The number of hydrogen-bond acceptors (Lipinski definition) is 5. The van der Waals surface area contributed by atoms with Crippen LogP contribution < -0.4 is 0 Å². The van der Waals surface area contributed by atoms with Gasteiger partial charge in [0.1, 0.15) is 0 Å². The number of aromatic nitrogens is 2. The third kappa shape index (κ3) is 4.40. The molecule has 1 aliphatic carbocycles. The molecule has 1 N–H and O–H groups in total. The lowest BCUT2D eigenvalue weighted by Gasteiger charge is -2.06. The predicted molar refractivity (Wildman–Crippen MR) is 113 cm³/mol. The van der Waals surface area contributed by atoms with Crippen molar-refractivity contribution < 1.29 is 23.9 Å². The van der Waals surface area contributed by atoms with Gasteiger partial charge in [-0.3, -0.25) is 4.79 Å². The SMILES string of the molecule is CCOC(=O)c1c(C)[nH]c(C(=O)COC(=O)/C=C/c2cc(C)n(C3CC3)c2C)c1C. The molecule has 1 saturated carbocycles. The zero-order valence-electron chi connectivity index (χ0n) is 18.1. The van der Waals surface area contributed by atoms with Crippen molar-refractivity contribution in [3.05, 3.63) is 51.6 Å². The van der Waals surface area contributed by atoms with E-state index in [1.807, 2.05) is 13.0 Å². The van der Waals surface area contributed by atoms with Gasteiger partial charge in [0.2, 0.25) is 5.78 Å². The molecule has 2 aromatic heterocycles. The Kier molecular flexibility index (Phi) is 6.29. The lowest BCUT2D eigenvalue weighted by atomic mass is 10.1. The van der Waals surface area contributed by atoms with E-state index in [0.29, 0.717) is 22.9 Å². The summed E-state index contributed by atoms with van der Waals surface area (Å²) in [5, 5.41) is 0. The van der Waals surface area contributed by atoms with Crippen molar-refractivity contribution in [1.82, 2.24) is 9.55 Å². The fraction of sp³-hybridized carbons (Fsp3) is 0.435. The van der Waals surface area contributed by atoms with Crippen LogP contribution in [0.1, 0.15) is 74.9 Å². The second-order valence-corrected chi connectivity index (χ2v) is 7.64. The predicted octanol–water partition coefficient (Wildman–Crippen LogP) is 4.00. The van der Waals surface area contributed by atoms with E-state index >= 15 is 0 Å². The molecule has 2 heterocycles. The fourth-order valence-electron chi connectivity index (χ4n) is 3.82. The summed E-state index contributed by atoms with van der Waals surface area (Å²) in [5.74, 6) is -1.47. The van der Waals surface area contributed by atoms with Crippen molar-refractivity contribution in [3.8, 4) is 0 Å². The Labute approximate surface area is 176 Å². The summed E-state index contributed by atoms with van der Waals surface area (Å²) in [5.41, 5.74) is 4.91. The molecule has 7 nitrogen and oxygen atoms in total. The molecular formula is C23H28N2O5. The van der Waals surface area contributed by atoms with Crippen molar-refractivity contribution in [2.75, 3.05) is 13.2 Å². The van der Waals surface area contributed by atoms with E-state index in [1.165, 1.54) is 24.6 Å². The van der Waals surface area contributed by atoms with Crippen LogP contribution in [-0.4, -0.2) is 40.5 Å². The van der Waals surface area contributed by atoms with Crippen LogP contribution in [0.25, 0.3) is 6.08 Å². The molecule has 0 spiro atoms. The molecule has 1 fully saturated rings. The number of ketones is 1. The van der Waals surface area contributed by atoms with Gasteiger partial charge in [0.05, 0.1) is 17.9 Å². The summed E-state index contributed by atoms with van der Waals surface area (Å²) in [6, 6.07) is 2.62. The standard InChI is InChI=1S/C23H28N2O5/c1-6-29-23(28)21-14(3)22(24-15(21)4)19(26)12-30-20(27)10-7-17-11-13(2)25(16(17)5)18-8-9-18/h7,10-11,18,24H,6,8-9,12H2,1-5H3/b10-7+. The molecule has 0 amide bonds. The van der Waals surface area contributed by atoms with E-state index in [0.717, 1.165) is 11.3 Å². The van der Waals surface area contributed by atoms with Gasteiger partial charge in [-0.1, -0.05) is 0 Å². The van der Waals surface area contributed by atoms with E-state index in [9.17, 15) is 14.4 Å². The van der Waals surface area contributed by atoms with Crippen LogP contribution in [0.15, 0.2) is 12.1 Å². The summed E-state index contributed by atoms with van der Waals surface area (Å²) in [6.45, 7) is 9.02. The Morgan fingerprint density at radius 1 is 1.17 bits per heavy atom. The van der Waals surface area contributed by atoms with Crippen LogP contribution in [0.5, 0.6) is 0 Å². The number of rotatable bonds is 8. The van der Waals surface area contributed by atoms with Gasteiger partial charge in [-0.15, -0.1) is 0 Å². The highest BCUT2D eigenvalue weighted by molar-refractivity contribution is 6.03. The number of aryl methyl sites for hydroxylation is 2. The topological polar surface area (TPSA) is 90.4 Å². The van der Waals surface area contributed by atoms with Gasteiger partial charge in [-0.05, 0) is 70.7 Å². The van der Waals surface area contributed by atoms with Crippen molar-refractivity contribution in [2.45, 2.75) is 53.5 Å². The van der Waals surface area contributed by atoms with E-state index in [1.54, 1.807) is 26.8 Å². The van der Waals surface area contributed by atoms with Crippen molar-refractivity contribution in [2.24, 2.45) is 0 Å². The maximum absolute atomic E-state index is 12.5. The molecule has 160 valence electrons. The zero-order valence-corrected chi connectivity index (χ0v) is 18.1. The van der Waals surface area contributed by atoms with Gasteiger partial charge in [0.15, 0.2) is 6.61 Å². The molecular weight excluding hydrogens is 384 g/mol. The van der Waals surface area contributed by atoms with Crippen molar-refractivity contribution >= 4 is 23.8 Å². The Morgan fingerprint density at radius 3 is 2.50 bits per heavy atom. The molecule has 0 bridgehead atoms. The largest absolute Gasteiger partial charge is 0.462 e. The number of Topliss-reactive ketones (excluding diaryl/α,β-unsaturated/α-hetero) is 1. The molecule has 2 aromatic rings. The maximum Gasteiger partial charge on any atom is 0.340 e. The molecule has 1 aliphatic rings. The molecule has 0 radical (unpaired) electrons. The average Bonchev–Trinajstić information content (AvgIpc) is 3.41. The van der Waals surface area contributed by atoms with Gasteiger partial charge in [-0.2, -0.15) is 0 Å². The summed E-state index contributed by atoms with van der Waals surface area (Å²) >= 11 is 0. The highest BCUT2D eigenvalue weighted by atomic mass is 16.5. The van der Waals surface area contributed by atoms with Crippen LogP contribution in [0.3, 0.4) is 0 Å². The van der Waals surface area contributed by atoms with Crippen LogP contribution in [0.4, 0.5) is 0 Å². The van der Waals surface area contributed by atoms with E-state index in [-0.39, 0.29) is 12.3 Å². The number of hydrogen-bond donors (Lipinski definition) is 1. The van der Waals surface area contributed by atoms with Gasteiger partial charge in [0, 0.05) is 29.2 Å². The number of esters is 2. The number of carbonyl (C=O) groups is 3. The average molecular weight is 412 g/mol. The molecule has 30 heavy (non-hydrogen) atoms. The monoisotopic (exact) mass is 412 g/mol. The molecule has 0 aliphatic heterocycles. The zero-order chi connectivity index (χ0) is 22.0. The van der Waals surface area contributed by atoms with Crippen molar-refractivity contribution in [1.29, 1.82) is 0 Å². The van der Waals surface area contributed by atoms with Crippen molar-refractivity contribution in [3.63, 3.8) is 0 Å². The Balaban J connectivity index is 1.62. The highest BCUT2D eigenvalue weighted by Gasteiger charge is 2.26. The Bertz CT molecular complexity index is 1020. The fourth-order valence-corrected chi connectivity index (χ4v) is 3.82. The normalized spacial score (nSPS) is 13.6. The first-order valence-electron chi connectivity index (χ1n) is 10.2. The van der Waals surface area contributed by atoms with Crippen LogP contribution >= 0.6 is 0 Å². The number of nitrogens with one attached hydrogen (secondary N) is 1. The molecule has 0 aromatic carbocycles. The molecule has 0 saturated heterocycles. The van der Waals surface area contributed by atoms with Gasteiger partial charge in [-0.25, -0.2) is 9.59 Å². The van der Waals surface area contributed by atoms with Gasteiger partial charge in [0.25, 0.3) is 0 Å². The molecule has 0 unspecified atom stereocenters. The van der Waals surface area contributed by atoms with Gasteiger partial charge >= 0.3 is 11.9 Å². The van der Waals surface area contributed by atoms with Crippen LogP contribution in [0, 0.1) is 27.7 Å². The summed E-state index contributed by atoms with van der Waals surface area (Å²) in [4.78, 5) is 39.5. The maximum atomic E-state index is 12.5. The highest BCUT2D eigenvalue weighted by Crippen LogP contribution is 2.38. The van der Waals surface area contributed by atoms with Gasteiger partial charge < -0.3 is 19.0 Å². The second kappa shape index (κ2) is 8.73. The Morgan fingerprint density at radius 2 is 1.87 bits per heavy atom. The summed E-state index contributed by atoms with van der Waals surface area (Å²) in [7, 11) is 0. The van der Waals surface area contributed by atoms with Crippen LogP contribution in [-0.2, 0) is 14.3 Å². The number of ether oxygens (including phenoxy) is 2. The first-order valence-corrected chi connectivity index (χ1v) is 10.2. The quantitative estimate of drug-likeness (QED) is 0.402. The summed E-state index contributed by atoms with van der Waals surface area (Å²) < 4.78 is 12.4. The number of aromatic amines is 1.